The number of halogens is 5. The molecule has 1 fully saturated rings. The second-order valence-corrected chi connectivity index (χ2v) is 6.68. The van der Waals surface area contributed by atoms with E-state index in [0.29, 0.717) is 15.6 Å². The van der Waals surface area contributed by atoms with Crippen molar-refractivity contribution in [2.75, 3.05) is 13.1 Å². The van der Waals surface area contributed by atoms with Crippen molar-refractivity contribution in [2.45, 2.75) is 19.1 Å². The van der Waals surface area contributed by atoms with Gasteiger partial charge in [-0.3, -0.25) is 4.79 Å². The lowest BCUT2D eigenvalue weighted by atomic mass is 9.96. The van der Waals surface area contributed by atoms with Crippen LogP contribution < -0.4 is 5.32 Å². The van der Waals surface area contributed by atoms with Crippen molar-refractivity contribution < 1.29 is 27.9 Å². The van der Waals surface area contributed by atoms with Crippen LogP contribution in [0.5, 0.6) is 0 Å². The van der Waals surface area contributed by atoms with Crippen molar-refractivity contribution in [1.29, 1.82) is 0 Å². The van der Waals surface area contributed by atoms with Gasteiger partial charge in [0.25, 0.3) is 0 Å². The summed E-state index contributed by atoms with van der Waals surface area (Å²) >= 11 is 11.9. The topological polar surface area (TPSA) is 69.6 Å². The van der Waals surface area contributed by atoms with Gasteiger partial charge >= 0.3 is 18.2 Å². The van der Waals surface area contributed by atoms with E-state index >= 15 is 0 Å². The third-order valence-corrected chi connectivity index (χ3v) is 4.69. The molecule has 25 heavy (non-hydrogen) atoms. The molecule has 2 amide bonds. The van der Waals surface area contributed by atoms with Crippen LogP contribution in [0.4, 0.5) is 18.0 Å². The number of carboxylic acids is 1. The molecule has 1 heterocycles. The molecule has 2 N–H and O–H groups in total. The first-order chi connectivity index (χ1) is 11.5. The average molecular weight is 399 g/mol. The minimum absolute atomic E-state index is 0.343. The summed E-state index contributed by atoms with van der Waals surface area (Å²) in [6, 6.07) is 3.23. The van der Waals surface area contributed by atoms with Gasteiger partial charge in [-0.15, -0.1) is 0 Å². The second kappa shape index (κ2) is 7.29. The Morgan fingerprint density at radius 3 is 2.48 bits per heavy atom. The van der Waals surface area contributed by atoms with E-state index in [2.05, 4.69) is 5.32 Å². The molecule has 0 unspecified atom stereocenters. The number of urea groups is 1. The van der Waals surface area contributed by atoms with Crippen molar-refractivity contribution in [2.24, 2.45) is 11.8 Å². The number of aliphatic carboxylic acids is 1. The number of nitrogens with one attached hydrogen (secondary N) is 1. The number of benzene rings is 1. The molecule has 5 nitrogen and oxygen atoms in total. The van der Waals surface area contributed by atoms with Gasteiger partial charge in [0.2, 0.25) is 0 Å². The highest BCUT2D eigenvalue weighted by Gasteiger charge is 2.53. The zero-order valence-corrected chi connectivity index (χ0v) is 14.5. The third kappa shape index (κ3) is 4.49. The van der Waals surface area contributed by atoms with E-state index < -0.39 is 49.1 Å². The molecule has 0 radical (unpaired) electrons. The summed E-state index contributed by atoms with van der Waals surface area (Å²) in [4.78, 5) is 24.2. The maximum absolute atomic E-state index is 13.0. The fraction of sp³-hybridized carbons (Fsp3) is 0.467. The Hall–Kier alpha value is -1.67. The van der Waals surface area contributed by atoms with Gasteiger partial charge in [-0.25, -0.2) is 4.79 Å². The fourth-order valence-corrected chi connectivity index (χ4v) is 3.21. The van der Waals surface area contributed by atoms with Crippen LogP contribution in [-0.2, 0) is 4.79 Å². The number of rotatable bonds is 3. The molecule has 138 valence electrons. The van der Waals surface area contributed by atoms with E-state index in [0.717, 1.165) is 4.90 Å². The molecule has 0 saturated carbocycles. The van der Waals surface area contributed by atoms with E-state index in [1.807, 2.05) is 0 Å². The van der Waals surface area contributed by atoms with Crippen molar-refractivity contribution >= 4 is 35.2 Å². The van der Waals surface area contributed by atoms with Crippen LogP contribution in [0.15, 0.2) is 18.2 Å². The maximum Gasteiger partial charge on any atom is 0.394 e. The van der Waals surface area contributed by atoms with Gasteiger partial charge in [0, 0.05) is 23.1 Å². The average Bonchev–Trinajstić information content (AvgIpc) is 2.95. The van der Waals surface area contributed by atoms with Gasteiger partial charge in [-0.2, -0.15) is 13.2 Å². The predicted octanol–water partition coefficient (Wildman–Crippen LogP) is 3.96. The first-order valence-electron chi connectivity index (χ1n) is 7.30. The Morgan fingerprint density at radius 1 is 1.32 bits per heavy atom. The Kier molecular flexibility index (Phi) is 5.73. The molecule has 3 atom stereocenters. The van der Waals surface area contributed by atoms with Gasteiger partial charge in [0.15, 0.2) is 0 Å². The summed E-state index contributed by atoms with van der Waals surface area (Å²) in [5.74, 6) is -5.36. The van der Waals surface area contributed by atoms with Gasteiger partial charge in [-0.1, -0.05) is 23.2 Å². The third-order valence-electron chi connectivity index (χ3n) is 4.11. The highest BCUT2D eigenvalue weighted by Crippen LogP contribution is 2.38. The largest absolute Gasteiger partial charge is 0.481 e. The standard InChI is InChI=1S/C15H15Cl2F3N2O3/c1-7(9-4-8(16)2-3-12(9)17)21-14(25)22-5-10(13(23)24)11(6-22)15(18,19)20/h2-4,7,10-11H,5-6H2,1H3,(H,21,25)(H,23,24)/t7-,10-,11-/m1/s1. The second-order valence-electron chi connectivity index (χ2n) is 5.83. The van der Waals surface area contributed by atoms with Crippen molar-refractivity contribution in [3.8, 4) is 0 Å². The summed E-state index contributed by atoms with van der Waals surface area (Å²) in [7, 11) is 0. The molecule has 1 aromatic rings. The summed E-state index contributed by atoms with van der Waals surface area (Å²) in [6.07, 6.45) is -4.69. The van der Waals surface area contributed by atoms with E-state index in [1.165, 1.54) is 12.1 Å². The molecule has 0 bridgehead atoms. The SMILES string of the molecule is C[C@@H](NC(=O)N1C[C@@H](C(F)(F)F)[C@H](C(=O)O)C1)c1cc(Cl)ccc1Cl. The number of nitrogens with zero attached hydrogens (tertiary/aromatic N) is 1. The number of carbonyl (C=O) groups is 2. The van der Waals surface area contributed by atoms with Gasteiger partial charge < -0.3 is 15.3 Å². The Labute approximate surface area is 151 Å². The number of likely N-dealkylation sites (tertiary alicyclic amines) is 1. The molecule has 1 aliphatic rings. The van der Waals surface area contributed by atoms with Crippen LogP contribution in [0.3, 0.4) is 0 Å². The number of carbonyl (C=O) groups excluding carboxylic acids is 1. The summed E-state index contributed by atoms with van der Waals surface area (Å²) < 4.78 is 38.9. The molecule has 1 aromatic carbocycles. The number of hydrogen-bond acceptors (Lipinski definition) is 2. The fourth-order valence-electron chi connectivity index (χ4n) is 2.75. The minimum atomic E-state index is -4.69. The monoisotopic (exact) mass is 398 g/mol. The van der Waals surface area contributed by atoms with E-state index in [4.69, 9.17) is 28.3 Å². The summed E-state index contributed by atoms with van der Waals surface area (Å²) in [5.41, 5.74) is 0.504. The summed E-state index contributed by atoms with van der Waals surface area (Å²) in [5, 5.41) is 12.2. The lowest BCUT2D eigenvalue weighted by molar-refractivity contribution is -0.187. The zero-order chi connectivity index (χ0) is 18.9. The molecule has 1 saturated heterocycles. The van der Waals surface area contributed by atoms with E-state index in [-0.39, 0.29) is 0 Å². The maximum atomic E-state index is 13.0. The van der Waals surface area contributed by atoms with Crippen LogP contribution >= 0.6 is 23.2 Å². The highest BCUT2D eigenvalue weighted by atomic mass is 35.5. The molecular weight excluding hydrogens is 384 g/mol. The Bertz CT molecular complexity index is 684. The normalized spacial score (nSPS) is 21.9. The van der Waals surface area contributed by atoms with Crippen LogP contribution in [0, 0.1) is 11.8 Å². The van der Waals surface area contributed by atoms with Crippen molar-refractivity contribution in [3.63, 3.8) is 0 Å². The lowest BCUT2D eigenvalue weighted by Gasteiger charge is -2.22. The zero-order valence-electron chi connectivity index (χ0n) is 13.0. The number of alkyl halides is 3. The predicted molar refractivity (Wildman–Crippen MR) is 85.7 cm³/mol. The number of amides is 2. The number of hydrogen-bond donors (Lipinski definition) is 2. The molecule has 0 spiro atoms. The molecule has 10 heteroatoms. The van der Waals surface area contributed by atoms with Crippen LogP contribution in [0.2, 0.25) is 10.0 Å². The number of carboxylic acid groups (broad SMARTS) is 1. The first-order valence-corrected chi connectivity index (χ1v) is 8.06. The van der Waals surface area contributed by atoms with Crippen LogP contribution in [0.1, 0.15) is 18.5 Å². The van der Waals surface area contributed by atoms with Gasteiger partial charge in [0.1, 0.15) is 0 Å². The summed E-state index contributed by atoms with van der Waals surface area (Å²) in [6.45, 7) is 0.380. The first kappa shape index (κ1) is 19.7. The Balaban J connectivity index is 2.10. The molecule has 0 aromatic heterocycles. The van der Waals surface area contributed by atoms with Crippen molar-refractivity contribution in [1.82, 2.24) is 10.2 Å². The van der Waals surface area contributed by atoms with Crippen LogP contribution in [-0.4, -0.2) is 41.3 Å². The molecule has 2 rings (SSSR count). The molecular formula is C15H15Cl2F3N2O3. The van der Waals surface area contributed by atoms with Crippen molar-refractivity contribution in [3.05, 3.63) is 33.8 Å². The smallest absolute Gasteiger partial charge is 0.394 e. The van der Waals surface area contributed by atoms with E-state index in [9.17, 15) is 22.8 Å². The Morgan fingerprint density at radius 2 is 1.96 bits per heavy atom. The highest BCUT2D eigenvalue weighted by molar-refractivity contribution is 6.33. The van der Waals surface area contributed by atoms with Crippen LogP contribution in [0.25, 0.3) is 0 Å². The van der Waals surface area contributed by atoms with E-state index in [1.54, 1.807) is 13.0 Å². The quantitative estimate of drug-likeness (QED) is 0.809. The minimum Gasteiger partial charge on any atom is -0.481 e. The molecule has 1 aliphatic heterocycles. The molecule has 0 aliphatic carbocycles. The van der Waals surface area contributed by atoms with Gasteiger partial charge in [-0.05, 0) is 30.7 Å². The van der Waals surface area contributed by atoms with Gasteiger partial charge in [0.05, 0.1) is 17.9 Å². The lowest BCUT2D eigenvalue weighted by Crippen LogP contribution is -2.40.